The number of pyridine rings is 1. The highest BCUT2D eigenvalue weighted by Crippen LogP contribution is 2.34. The Bertz CT molecular complexity index is 1360. The lowest BCUT2D eigenvalue weighted by Gasteiger charge is -2.19. The van der Waals surface area contributed by atoms with E-state index in [0.717, 1.165) is 26.9 Å². The van der Waals surface area contributed by atoms with Crippen molar-refractivity contribution in [3.05, 3.63) is 83.2 Å². The molecule has 1 amide bonds. The number of sulfone groups is 1. The zero-order valence-electron chi connectivity index (χ0n) is 18.8. The Kier molecular flexibility index (Phi) is 6.58. The van der Waals surface area contributed by atoms with E-state index in [9.17, 15) is 13.2 Å². The number of benzene rings is 2. The minimum atomic E-state index is -3.58. The van der Waals surface area contributed by atoms with Gasteiger partial charge in [0, 0.05) is 12.6 Å². The van der Waals surface area contributed by atoms with Crippen molar-refractivity contribution < 1.29 is 13.2 Å². The van der Waals surface area contributed by atoms with Crippen LogP contribution < -0.4 is 4.90 Å². The maximum atomic E-state index is 13.3. The standard InChI is InChI=1S/C25H25N3O3S2/c1-17-7-11-21(12-8-17)33(30,31)15-13-22(29)28(16-20-6-4-5-14-26-20)25-27-23-18(2)9-10-19(3)24(23)32-25/h4-12,14H,13,15-16H2,1-3H3. The average molecular weight is 480 g/mol. The van der Waals surface area contributed by atoms with Gasteiger partial charge in [-0.05, 0) is 56.2 Å². The predicted octanol–water partition coefficient (Wildman–Crippen LogP) is 5.01. The molecule has 0 aliphatic carbocycles. The molecule has 4 rings (SSSR count). The van der Waals surface area contributed by atoms with Crippen molar-refractivity contribution in [3.8, 4) is 0 Å². The van der Waals surface area contributed by atoms with Gasteiger partial charge in [0.2, 0.25) is 5.91 Å². The minimum Gasteiger partial charge on any atom is -0.282 e. The summed E-state index contributed by atoms with van der Waals surface area (Å²) in [5.74, 6) is -0.568. The van der Waals surface area contributed by atoms with Crippen LogP contribution in [-0.4, -0.2) is 30.0 Å². The Labute approximate surface area is 197 Å². The SMILES string of the molecule is Cc1ccc(S(=O)(=O)CCC(=O)N(Cc2ccccn2)c2nc3c(C)ccc(C)c3s2)cc1. The van der Waals surface area contributed by atoms with Gasteiger partial charge < -0.3 is 0 Å². The fourth-order valence-corrected chi connectivity index (χ4v) is 5.86. The van der Waals surface area contributed by atoms with Crippen LogP contribution in [0, 0.1) is 20.8 Å². The highest BCUT2D eigenvalue weighted by Gasteiger charge is 2.24. The molecule has 33 heavy (non-hydrogen) atoms. The molecule has 2 aromatic heterocycles. The minimum absolute atomic E-state index is 0.142. The summed E-state index contributed by atoms with van der Waals surface area (Å²) >= 11 is 1.44. The predicted molar refractivity (Wildman–Crippen MR) is 132 cm³/mol. The number of carbonyl (C=O) groups is 1. The Balaban J connectivity index is 1.63. The zero-order valence-corrected chi connectivity index (χ0v) is 20.4. The molecule has 0 aliphatic rings. The van der Waals surface area contributed by atoms with Crippen LogP contribution in [0.25, 0.3) is 10.2 Å². The number of fused-ring (bicyclic) bond motifs is 1. The average Bonchev–Trinajstić information content (AvgIpc) is 3.26. The smallest absolute Gasteiger partial charge is 0.230 e. The fourth-order valence-electron chi connectivity index (χ4n) is 3.50. The van der Waals surface area contributed by atoms with Crippen molar-refractivity contribution in [2.24, 2.45) is 0 Å². The summed E-state index contributed by atoms with van der Waals surface area (Å²) in [5.41, 5.74) is 4.67. The molecule has 170 valence electrons. The van der Waals surface area contributed by atoms with Crippen molar-refractivity contribution in [2.75, 3.05) is 10.7 Å². The molecule has 0 bridgehead atoms. The number of anilines is 1. The second-order valence-electron chi connectivity index (χ2n) is 8.06. The van der Waals surface area contributed by atoms with E-state index in [0.29, 0.717) is 10.8 Å². The van der Waals surface area contributed by atoms with E-state index >= 15 is 0 Å². The Morgan fingerprint density at radius 2 is 1.70 bits per heavy atom. The third-order valence-electron chi connectivity index (χ3n) is 5.47. The van der Waals surface area contributed by atoms with Gasteiger partial charge in [-0.15, -0.1) is 0 Å². The molecule has 6 nitrogen and oxygen atoms in total. The van der Waals surface area contributed by atoms with Gasteiger partial charge in [-0.25, -0.2) is 13.4 Å². The number of carbonyl (C=O) groups excluding carboxylic acids is 1. The Morgan fingerprint density at radius 1 is 0.970 bits per heavy atom. The number of hydrogen-bond acceptors (Lipinski definition) is 6. The Hall–Kier alpha value is -3.10. The number of aryl methyl sites for hydroxylation is 3. The molecule has 2 heterocycles. The largest absolute Gasteiger partial charge is 0.282 e. The van der Waals surface area contributed by atoms with Crippen LogP contribution in [0.4, 0.5) is 5.13 Å². The number of hydrogen-bond donors (Lipinski definition) is 0. The van der Waals surface area contributed by atoms with Gasteiger partial charge in [0.05, 0.1) is 33.1 Å². The Morgan fingerprint density at radius 3 is 2.36 bits per heavy atom. The van der Waals surface area contributed by atoms with Crippen LogP contribution in [-0.2, 0) is 21.2 Å². The third-order valence-corrected chi connectivity index (χ3v) is 8.42. The van der Waals surface area contributed by atoms with Crippen molar-refractivity contribution in [3.63, 3.8) is 0 Å². The molecule has 0 saturated heterocycles. The molecular weight excluding hydrogens is 454 g/mol. The topological polar surface area (TPSA) is 80.2 Å². The van der Waals surface area contributed by atoms with Crippen LogP contribution in [0.5, 0.6) is 0 Å². The van der Waals surface area contributed by atoms with Gasteiger partial charge in [0.1, 0.15) is 0 Å². The maximum Gasteiger partial charge on any atom is 0.230 e. The van der Waals surface area contributed by atoms with Crippen LogP contribution in [0.15, 0.2) is 65.7 Å². The van der Waals surface area contributed by atoms with E-state index < -0.39 is 9.84 Å². The molecule has 0 N–H and O–H groups in total. The summed E-state index contributed by atoms with van der Waals surface area (Å²) in [6, 6.07) is 16.3. The van der Waals surface area contributed by atoms with Crippen molar-refractivity contribution in [1.82, 2.24) is 9.97 Å². The molecule has 4 aromatic rings. The van der Waals surface area contributed by atoms with Crippen molar-refractivity contribution in [2.45, 2.75) is 38.6 Å². The first-order chi connectivity index (χ1) is 15.7. The molecule has 0 fully saturated rings. The third kappa shape index (κ3) is 5.12. The molecule has 8 heteroatoms. The van der Waals surface area contributed by atoms with Gasteiger partial charge in [0.15, 0.2) is 15.0 Å². The fraction of sp³-hybridized carbons (Fsp3) is 0.240. The summed E-state index contributed by atoms with van der Waals surface area (Å²) in [6.07, 6.45) is 1.53. The summed E-state index contributed by atoms with van der Waals surface area (Å²) in [4.78, 5) is 24.2. The van der Waals surface area contributed by atoms with Gasteiger partial charge in [-0.2, -0.15) is 0 Å². The number of amides is 1. The molecule has 0 aliphatic heterocycles. The molecule has 0 atom stereocenters. The second kappa shape index (κ2) is 9.41. The van der Waals surface area contributed by atoms with Gasteiger partial charge in [-0.1, -0.05) is 47.2 Å². The first-order valence-electron chi connectivity index (χ1n) is 10.6. The lowest BCUT2D eigenvalue weighted by molar-refractivity contribution is -0.118. The molecule has 0 unspecified atom stereocenters. The molecular formula is C25H25N3O3S2. The molecule has 2 aromatic carbocycles. The number of thiazole rings is 1. The van der Waals surface area contributed by atoms with E-state index in [1.807, 2.05) is 51.1 Å². The molecule has 0 spiro atoms. The van der Waals surface area contributed by atoms with Crippen LogP contribution in [0.1, 0.15) is 28.8 Å². The zero-order chi connectivity index (χ0) is 23.6. The normalized spacial score (nSPS) is 11.6. The molecule has 0 radical (unpaired) electrons. The number of nitrogens with zero attached hydrogens (tertiary/aromatic N) is 3. The van der Waals surface area contributed by atoms with E-state index in [1.165, 1.54) is 11.3 Å². The second-order valence-corrected chi connectivity index (χ2v) is 11.1. The van der Waals surface area contributed by atoms with E-state index in [4.69, 9.17) is 4.98 Å². The van der Waals surface area contributed by atoms with Crippen LogP contribution in [0.2, 0.25) is 0 Å². The highest BCUT2D eigenvalue weighted by molar-refractivity contribution is 7.91. The summed E-state index contributed by atoms with van der Waals surface area (Å²) in [6.45, 7) is 6.13. The van der Waals surface area contributed by atoms with Crippen molar-refractivity contribution in [1.29, 1.82) is 0 Å². The maximum absolute atomic E-state index is 13.3. The van der Waals surface area contributed by atoms with E-state index in [2.05, 4.69) is 4.98 Å². The number of rotatable bonds is 7. The van der Waals surface area contributed by atoms with E-state index in [1.54, 1.807) is 35.4 Å². The van der Waals surface area contributed by atoms with Crippen LogP contribution in [0.3, 0.4) is 0 Å². The molecule has 0 saturated carbocycles. The lowest BCUT2D eigenvalue weighted by atomic mass is 10.1. The van der Waals surface area contributed by atoms with Crippen molar-refractivity contribution >= 4 is 42.4 Å². The summed E-state index contributed by atoms with van der Waals surface area (Å²) in [5, 5.41) is 0.547. The highest BCUT2D eigenvalue weighted by atomic mass is 32.2. The summed E-state index contributed by atoms with van der Waals surface area (Å²) in [7, 11) is -3.58. The number of aromatic nitrogens is 2. The van der Waals surface area contributed by atoms with Gasteiger partial charge in [-0.3, -0.25) is 14.7 Å². The lowest BCUT2D eigenvalue weighted by Crippen LogP contribution is -2.32. The first-order valence-corrected chi connectivity index (χ1v) is 13.1. The van der Waals surface area contributed by atoms with Gasteiger partial charge in [0.25, 0.3) is 0 Å². The van der Waals surface area contributed by atoms with Gasteiger partial charge >= 0.3 is 0 Å². The monoisotopic (exact) mass is 479 g/mol. The van der Waals surface area contributed by atoms with Crippen LogP contribution >= 0.6 is 11.3 Å². The summed E-state index contributed by atoms with van der Waals surface area (Å²) < 4.78 is 26.6. The quantitative estimate of drug-likeness (QED) is 0.372. The first kappa shape index (κ1) is 23.1. The van der Waals surface area contributed by atoms with E-state index in [-0.39, 0.29) is 29.5 Å².